The van der Waals surface area contributed by atoms with Crippen molar-refractivity contribution in [1.29, 1.82) is 0 Å². The molecule has 2 amide bonds. The van der Waals surface area contributed by atoms with Crippen LogP contribution in [0.5, 0.6) is 0 Å². The number of piperazine rings is 1. The number of hydrogen-bond donors (Lipinski definition) is 1. The molecule has 1 atom stereocenters. The lowest BCUT2D eigenvalue weighted by atomic mass is 9.90. The lowest BCUT2D eigenvalue weighted by molar-refractivity contribution is -0.129. The fraction of sp³-hybridized carbons (Fsp3) is 0.450. The number of carbonyl (C=O) groups is 2. The average molecular weight is 402 g/mol. The number of nitrogens with zero attached hydrogens (tertiary/aromatic N) is 3. The summed E-state index contributed by atoms with van der Waals surface area (Å²) in [6.45, 7) is 4.62. The van der Waals surface area contributed by atoms with Gasteiger partial charge in [0.25, 0.3) is 0 Å². The topological polar surface area (TPSA) is 65.5 Å². The Bertz CT molecular complexity index is 892. The number of amides is 2. The van der Waals surface area contributed by atoms with Gasteiger partial charge in [-0.2, -0.15) is 0 Å². The lowest BCUT2D eigenvalue weighted by Crippen LogP contribution is -2.48. The SMILES string of the molecule is CC(=O)N1CCN(c2nc3c(s2)CC(C(=O)Nc2cccc(F)c2)CC3)CC1. The zero-order valence-electron chi connectivity index (χ0n) is 15.8. The van der Waals surface area contributed by atoms with Crippen LogP contribution in [-0.4, -0.2) is 47.9 Å². The van der Waals surface area contributed by atoms with Crippen LogP contribution >= 0.6 is 11.3 Å². The molecule has 8 heteroatoms. The van der Waals surface area contributed by atoms with Crippen LogP contribution in [0, 0.1) is 11.7 Å². The Morgan fingerprint density at radius 2 is 2.04 bits per heavy atom. The Hall–Kier alpha value is -2.48. The monoisotopic (exact) mass is 402 g/mol. The van der Waals surface area contributed by atoms with Gasteiger partial charge in [-0.3, -0.25) is 9.59 Å². The molecule has 1 aromatic carbocycles. The first-order chi connectivity index (χ1) is 13.5. The van der Waals surface area contributed by atoms with Crippen LogP contribution in [0.25, 0.3) is 0 Å². The molecule has 0 spiro atoms. The zero-order valence-corrected chi connectivity index (χ0v) is 16.6. The highest BCUT2D eigenvalue weighted by molar-refractivity contribution is 7.15. The molecule has 0 saturated carbocycles. The zero-order chi connectivity index (χ0) is 19.7. The summed E-state index contributed by atoms with van der Waals surface area (Å²) in [7, 11) is 0. The summed E-state index contributed by atoms with van der Waals surface area (Å²) in [5, 5.41) is 3.81. The molecule has 1 saturated heterocycles. The molecular weight excluding hydrogens is 379 g/mol. The fourth-order valence-electron chi connectivity index (χ4n) is 3.74. The Morgan fingerprint density at radius 1 is 1.25 bits per heavy atom. The number of hydrogen-bond acceptors (Lipinski definition) is 5. The van der Waals surface area contributed by atoms with Gasteiger partial charge in [0.1, 0.15) is 5.82 Å². The van der Waals surface area contributed by atoms with E-state index in [0.29, 0.717) is 12.1 Å². The van der Waals surface area contributed by atoms with Crippen LogP contribution in [0.4, 0.5) is 15.2 Å². The molecule has 1 aliphatic heterocycles. The summed E-state index contributed by atoms with van der Waals surface area (Å²) in [5.41, 5.74) is 1.58. The normalized spacial score (nSPS) is 19.3. The van der Waals surface area contributed by atoms with Crippen molar-refractivity contribution in [3.05, 3.63) is 40.7 Å². The lowest BCUT2D eigenvalue weighted by Gasteiger charge is -2.33. The van der Waals surface area contributed by atoms with Crippen molar-refractivity contribution < 1.29 is 14.0 Å². The highest BCUT2D eigenvalue weighted by Crippen LogP contribution is 2.35. The molecular formula is C20H23FN4O2S. The fourth-order valence-corrected chi connectivity index (χ4v) is 4.98. The minimum atomic E-state index is -0.360. The molecule has 0 bridgehead atoms. The quantitative estimate of drug-likeness (QED) is 0.857. The predicted molar refractivity (Wildman–Crippen MR) is 107 cm³/mol. The minimum absolute atomic E-state index is 0.0683. The van der Waals surface area contributed by atoms with E-state index >= 15 is 0 Å². The first-order valence-corrected chi connectivity index (χ1v) is 10.4. The number of rotatable bonds is 3. The van der Waals surface area contributed by atoms with E-state index in [-0.39, 0.29) is 23.5 Å². The van der Waals surface area contributed by atoms with E-state index in [9.17, 15) is 14.0 Å². The summed E-state index contributed by atoms with van der Waals surface area (Å²) in [4.78, 5) is 34.1. The van der Waals surface area contributed by atoms with E-state index in [1.165, 1.54) is 12.1 Å². The van der Waals surface area contributed by atoms with Gasteiger partial charge in [-0.15, -0.1) is 11.3 Å². The third kappa shape index (κ3) is 4.01. The van der Waals surface area contributed by atoms with Gasteiger partial charge in [-0.1, -0.05) is 6.07 Å². The largest absolute Gasteiger partial charge is 0.345 e. The average Bonchev–Trinajstić information content (AvgIpc) is 3.11. The Balaban J connectivity index is 1.39. The number of fused-ring (bicyclic) bond motifs is 1. The molecule has 1 fully saturated rings. The van der Waals surface area contributed by atoms with Crippen LogP contribution in [0.2, 0.25) is 0 Å². The van der Waals surface area contributed by atoms with Crippen LogP contribution in [0.1, 0.15) is 23.9 Å². The number of benzene rings is 1. The minimum Gasteiger partial charge on any atom is -0.345 e. The third-order valence-electron chi connectivity index (χ3n) is 5.39. The van der Waals surface area contributed by atoms with Crippen LogP contribution in [0.15, 0.2) is 24.3 Å². The van der Waals surface area contributed by atoms with Crippen molar-refractivity contribution >= 4 is 34.0 Å². The van der Waals surface area contributed by atoms with Gasteiger partial charge in [0.15, 0.2) is 5.13 Å². The molecule has 1 aromatic heterocycles. The van der Waals surface area contributed by atoms with Gasteiger partial charge < -0.3 is 15.1 Å². The van der Waals surface area contributed by atoms with Gasteiger partial charge in [-0.05, 0) is 37.5 Å². The van der Waals surface area contributed by atoms with Gasteiger partial charge in [0, 0.05) is 49.6 Å². The van der Waals surface area contributed by atoms with Gasteiger partial charge in [-0.25, -0.2) is 9.37 Å². The van der Waals surface area contributed by atoms with Crippen molar-refractivity contribution in [2.24, 2.45) is 5.92 Å². The first-order valence-electron chi connectivity index (χ1n) is 9.55. The molecule has 0 radical (unpaired) electrons. The maximum atomic E-state index is 13.3. The van der Waals surface area contributed by atoms with Crippen LogP contribution < -0.4 is 10.2 Å². The second-order valence-corrected chi connectivity index (χ2v) is 8.36. The van der Waals surface area contributed by atoms with E-state index in [4.69, 9.17) is 4.98 Å². The van der Waals surface area contributed by atoms with Crippen LogP contribution in [0.3, 0.4) is 0 Å². The number of anilines is 2. The number of thiazole rings is 1. The number of aromatic nitrogens is 1. The predicted octanol–water partition coefficient (Wildman–Crippen LogP) is 2.69. The summed E-state index contributed by atoms with van der Waals surface area (Å²) in [6.07, 6.45) is 2.19. The first kappa shape index (κ1) is 18.9. The van der Waals surface area contributed by atoms with Crippen molar-refractivity contribution in [2.75, 3.05) is 36.4 Å². The molecule has 2 aliphatic rings. The summed E-state index contributed by atoms with van der Waals surface area (Å²) < 4.78 is 13.3. The number of carbonyl (C=O) groups excluding carboxylic acids is 2. The van der Waals surface area contributed by atoms with Crippen molar-refractivity contribution in [2.45, 2.75) is 26.2 Å². The van der Waals surface area contributed by atoms with E-state index in [1.807, 2.05) is 4.90 Å². The molecule has 1 unspecified atom stereocenters. The van der Waals surface area contributed by atoms with Gasteiger partial charge >= 0.3 is 0 Å². The Morgan fingerprint density at radius 3 is 2.75 bits per heavy atom. The van der Waals surface area contributed by atoms with Gasteiger partial charge in [0.2, 0.25) is 11.8 Å². The van der Waals surface area contributed by atoms with Crippen LogP contribution in [-0.2, 0) is 22.4 Å². The second kappa shape index (κ2) is 7.87. The molecule has 2 aromatic rings. The molecule has 28 heavy (non-hydrogen) atoms. The molecule has 1 aliphatic carbocycles. The number of halogens is 1. The van der Waals surface area contributed by atoms with E-state index < -0.39 is 0 Å². The highest BCUT2D eigenvalue weighted by atomic mass is 32.1. The molecule has 1 N–H and O–H groups in total. The second-order valence-electron chi connectivity index (χ2n) is 7.30. The maximum Gasteiger partial charge on any atom is 0.227 e. The molecule has 4 rings (SSSR count). The standard InChI is InChI=1S/C20H23FN4O2S/c1-13(26)24-7-9-25(10-8-24)20-23-17-6-5-14(11-18(17)28-20)19(27)22-16-4-2-3-15(21)12-16/h2-4,12,14H,5-11H2,1H3,(H,22,27). The molecule has 2 heterocycles. The highest BCUT2D eigenvalue weighted by Gasteiger charge is 2.29. The van der Waals surface area contributed by atoms with E-state index in [2.05, 4.69) is 10.2 Å². The van der Waals surface area contributed by atoms with E-state index in [0.717, 1.165) is 54.7 Å². The van der Waals surface area contributed by atoms with Crippen molar-refractivity contribution in [3.63, 3.8) is 0 Å². The van der Waals surface area contributed by atoms with Crippen molar-refractivity contribution in [3.8, 4) is 0 Å². The Labute approximate surface area is 167 Å². The molecule has 148 valence electrons. The summed E-state index contributed by atoms with van der Waals surface area (Å²) in [6, 6.07) is 5.97. The summed E-state index contributed by atoms with van der Waals surface area (Å²) in [5.74, 6) is -0.439. The summed E-state index contributed by atoms with van der Waals surface area (Å²) >= 11 is 1.65. The van der Waals surface area contributed by atoms with Gasteiger partial charge in [0.05, 0.1) is 5.69 Å². The maximum absolute atomic E-state index is 13.3. The number of aryl methyl sites for hydroxylation is 1. The van der Waals surface area contributed by atoms with Crippen molar-refractivity contribution in [1.82, 2.24) is 9.88 Å². The Kier molecular flexibility index (Phi) is 5.30. The van der Waals surface area contributed by atoms with E-state index in [1.54, 1.807) is 30.4 Å². The number of nitrogens with one attached hydrogen (secondary N) is 1. The molecule has 6 nitrogen and oxygen atoms in total. The smallest absolute Gasteiger partial charge is 0.227 e. The third-order valence-corrected chi connectivity index (χ3v) is 6.57.